The number of amides is 1. The van der Waals surface area contributed by atoms with Gasteiger partial charge in [-0.25, -0.2) is 8.78 Å². The van der Waals surface area contributed by atoms with Gasteiger partial charge in [0, 0.05) is 22.5 Å². The van der Waals surface area contributed by atoms with E-state index in [1.807, 2.05) is 0 Å². The summed E-state index contributed by atoms with van der Waals surface area (Å²) >= 11 is 3.26. The largest absolute Gasteiger partial charge is 0.456 e. The van der Waals surface area contributed by atoms with Gasteiger partial charge in [-0.3, -0.25) is 14.4 Å². The lowest BCUT2D eigenvalue weighted by Gasteiger charge is -2.07. The van der Waals surface area contributed by atoms with Gasteiger partial charge in [0.25, 0.3) is 5.91 Å². The van der Waals surface area contributed by atoms with Crippen molar-refractivity contribution in [1.29, 1.82) is 0 Å². The Morgan fingerprint density at radius 3 is 2.35 bits per heavy atom. The molecule has 136 valence electrons. The summed E-state index contributed by atoms with van der Waals surface area (Å²) in [6, 6.07) is 9.34. The smallest absolute Gasteiger partial charge is 0.306 e. The molecule has 0 atom stereocenters. The second-order valence-electron chi connectivity index (χ2n) is 5.26. The highest BCUT2D eigenvalue weighted by molar-refractivity contribution is 9.10. The molecule has 2 rings (SSSR count). The van der Waals surface area contributed by atoms with Crippen LogP contribution < -0.4 is 5.32 Å². The second kappa shape index (κ2) is 9.19. The van der Waals surface area contributed by atoms with E-state index in [1.54, 1.807) is 24.3 Å². The van der Waals surface area contributed by atoms with Crippen molar-refractivity contribution >= 4 is 39.3 Å². The molecule has 0 spiro atoms. The van der Waals surface area contributed by atoms with E-state index >= 15 is 0 Å². The molecule has 2 aromatic carbocycles. The van der Waals surface area contributed by atoms with Crippen molar-refractivity contribution in [2.24, 2.45) is 0 Å². The number of benzene rings is 2. The van der Waals surface area contributed by atoms with Crippen LogP contribution >= 0.6 is 15.9 Å². The minimum Gasteiger partial charge on any atom is -0.456 e. The molecule has 0 aliphatic carbocycles. The van der Waals surface area contributed by atoms with E-state index in [0.717, 1.165) is 16.6 Å². The number of esters is 1. The number of Topliss-reactive ketones (excluding diaryl/α,β-unsaturated/α-hetero) is 1. The van der Waals surface area contributed by atoms with Crippen molar-refractivity contribution < 1.29 is 27.9 Å². The van der Waals surface area contributed by atoms with Gasteiger partial charge in [-0.1, -0.05) is 28.1 Å². The molecular formula is C18H14BrF2NO4. The van der Waals surface area contributed by atoms with Gasteiger partial charge in [-0.2, -0.15) is 0 Å². The lowest BCUT2D eigenvalue weighted by molar-refractivity contribution is -0.147. The number of hydrogen-bond acceptors (Lipinski definition) is 4. The molecule has 5 nitrogen and oxygen atoms in total. The van der Waals surface area contributed by atoms with Crippen LogP contribution in [0.1, 0.15) is 23.2 Å². The van der Waals surface area contributed by atoms with Gasteiger partial charge >= 0.3 is 5.97 Å². The molecule has 0 aliphatic rings. The maximum atomic E-state index is 13.4. The summed E-state index contributed by atoms with van der Waals surface area (Å²) in [5, 5.41) is 2.16. The maximum Gasteiger partial charge on any atom is 0.306 e. The Morgan fingerprint density at radius 2 is 1.69 bits per heavy atom. The molecule has 0 aliphatic heterocycles. The topological polar surface area (TPSA) is 72.5 Å². The van der Waals surface area contributed by atoms with Crippen molar-refractivity contribution in [3.05, 3.63) is 64.1 Å². The molecule has 0 heterocycles. The first kappa shape index (κ1) is 19.7. The summed E-state index contributed by atoms with van der Waals surface area (Å²) in [5.74, 6) is -3.45. The van der Waals surface area contributed by atoms with Crippen molar-refractivity contribution in [3.63, 3.8) is 0 Å². The lowest BCUT2D eigenvalue weighted by atomic mass is 10.1. The van der Waals surface area contributed by atoms with E-state index in [2.05, 4.69) is 21.2 Å². The van der Waals surface area contributed by atoms with Crippen LogP contribution in [0, 0.1) is 11.6 Å². The SMILES string of the molecule is O=C(COC(=O)CCC(=O)c1ccc(Br)cc1)Nc1ccc(F)cc1F. The van der Waals surface area contributed by atoms with Crippen LogP contribution in [0.4, 0.5) is 14.5 Å². The molecule has 1 N–H and O–H groups in total. The van der Waals surface area contributed by atoms with E-state index in [-0.39, 0.29) is 24.3 Å². The Kier molecular flexibility index (Phi) is 6.97. The highest BCUT2D eigenvalue weighted by Gasteiger charge is 2.13. The van der Waals surface area contributed by atoms with Gasteiger partial charge in [0.15, 0.2) is 12.4 Å². The summed E-state index contributed by atoms with van der Waals surface area (Å²) in [6.07, 6.45) is -0.248. The van der Waals surface area contributed by atoms with Crippen LogP contribution in [0.5, 0.6) is 0 Å². The van der Waals surface area contributed by atoms with Gasteiger partial charge in [0.2, 0.25) is 0 Å². The Bertz CT molecular complexity index is 824. The summed E-state index contributed by atoms with van der Waals surface area (Å²) in [5.41, 5.74) is 0.239. The Morgan fingerprint density at radius 1 is 1.00 bits per heavy atom. The molecule has 0 radical (unpaired) electrons. The average Bonchev–Trinajstić information content (AvgIpc) is 2.61. The minimum absolute atomic E-state index is 0.0608. The van der Waals surface area contributed by atoms with E-state index in [0.29, 0.717) is 11.6 Å². The zero-order valence-electron chi connectivity index (χ0n) is 13.4. The average molecular weight is 426 g/mol. The predicted molar refractivity (Wildman–Crippen MR) is 93.7 cm³/mol. The molecule has 0 unspecified atom stereocenters. The van der Waals surface area contributed by atoms with Gasteiger partial charge in [-0.05, 0) is 24.3 Å². The first-order chi connectivity index (χ1) is 12.3. The molecule has 26 heavy (non-hydrogen) atoms. The third kappa shape index (κ3) is 6.03. The molecule has 0 bridgehead atoms. The fraction of sp³-hybridized carbons (Fsp3) is 0.167. The number of ketones is 1. The van der Waals surface area contributed by atoms with Gasteiger partial charge < -0.3 is 10.1 Å². The maximum absolute atomic E-state index is 13.4. The van der Waals surface area contributed by atoms with Gasteiger partial charge in [0.1, 0.15) is 11.6 Å². The van der Waals surface area contributed by atoms with E-state index < -0.39 is 30.1 Å². The van der Waals surface area contributed by atoms with Crippen LogP contribution in [0.25, 0.3) is 0 Å². The van der Waals surface area contributed by atoms with Crippen molar-refractivity contribution in [2.75, 3.05) is 11.9 Å². The van der Waals surface area contributed by atoms with Crippen molar-refractivity contribution in [2.45, 2.75) is 12.8 Å². The Hall–Kier alpha value is -2.61. The number of ether oxygens (including phenoxy) is 1. The highest BCUT2D eigenvalue weighted by atomic mass is 79.9. The van der Waals surface area contributed by atoms with E-state index in [4.69, 9.17) is 4.74 Å². The Labute approximate surface area is 156 Å². The first-order valence-corrected chi connectivity index (χ1v) is 8.34. The zero-order chi connectivity index (χ0) is 19.1. The molecular weight excluding hydrogens is 412 g/mol. The molecule has 0 saturated carbocycles. The summed E-state index contributed by atoms with van der Waals surface area (Å²) in [7, 11) is 0. The first-order valence-electron chi connectivity index (χ1n) is 7.54. The van der Waals surface area contributed by atoms with Crippen LogP contribution in [0.2, 0.25) is 0 Å². The van der Waals surface area contributed by atoms with Crippen molar-refractivity contribution in [1.82, 2.24) is 0 Å². The third-order valence-corrected chi connectivity index (χ3v) is 3.82. The third-order valence-electron chi connectivity index (χ3n) is 3.29. The molecule has 1 amide bonds. The normalized spacial score (nSPS) is 10.3. The number of carbonyl (C=O) groups is 3. The van der Waals surface area contributed by atoms with Crippen molar-refractivity contribution in [3.8, 4) is 0 Å². The molecule has 0 saturated heterocycles. The Balaban J connectivity index is 1.74. The minimum atomic E-state index is -0.940. The fourth-order valence-corrected chi connectivity index (χ4v) is 2.26. The second-order valence-corrected chi connectivity index (χ2v) is 6.18. The fourth-order valence-electron chi connectivity index (χ4n) is 1.99. The number of hydrogen-bond donors (Lipinski definition) is 1. The van der Waals surface area contributed by atoms with Crippen LogP contribution in [0.3, 0.4) is 0 Å². The molecule has 2 aromatic rings. The summed E-state index contributed by atoms with van der Waals surface area (Å²) < 4.78 is 31.8. The van der Waals surface area contributed by atoms with E-state index in [1.165, 1.54) is 0 Å². The quantitative estimate of drug-likeness (QED) is 0.539. The lowest BCUT2D eigenvalue weighted by Crippen LogP contribution is -2.21. The zero-order valence-corrected chi connectivity index (χ0v) is 15.0. The van der Waals surface area contributed by atoms with E-state index in [9.17, 15) is 23.2 Å². The number of nitrogens with one attached hydrogen (secondary N) is 1. The summed E-state index contributed by atoms with van der Waals surface area (Å²) in [4.78, 5) is 35.2. The number of carbonyl (C=O) groups excluding carboxylic acids is 3. The predicted octanol–water partition coefficient (Wildman–Crippen LogP) is 3.87. The monoisotopic (exact) mass is 425 g/mol. The van der Waals surface area contributed by atoms with Crippen LogP contribution in [-0.4, -0.2) is 24.3 Å². The number of anilines is 1. The summed E-state index contributed by atoms with van der Waals surface area (Å²) in [6.45, 7) is -0.637. The standard InChI is InChI=1S/C18H14BrF2NO4/c19-12-3-1-11(2-4-12)16(23)7-8-18(25)26-10-17(24)22-15-6-5-13(20)9-14(15)21/h1-6,9H,7-8,10H2,(H,22,24). The van der Waals surface area contributed by atoms with Gasteiger partial charge in [0.05, 0.1) is 12.1 Å². The van der Waals surface area contributed by atoms with Gasteiger partial charge in [-0.15, -0.1) is 0 Å². The number of rotatable bonds is 7. The highest BCUT2D eigenvalue weighted by Crippen LogP contribution is 2.15. The van der Waals surface area contributed by atoms with Crippen LogP contribution in [0.15, 0.2) is 46.9 Å². The van der Waals surface area contributed by atoms with Crippen LogP contribution in [-0.2, 0) is 14.3 Å². The molecule has 0 fully saturated rings. The molecule has 8 heteroatoms. The molecule has 0 aromatic heterocycles. The number of halogens is 3.